The Morgan fingerprint density at radius 2 is 1.36 bits per heavy atom. The van der Waals surface area contributed by atoms with E-state index in [1.807, 2.05) is 30.3 Å². The van der Waals surface area contributed by atoms with E-state index in [4.69, 9.17) is 14.2 Å². The van der Waals surface area contributed by atoms with E-state index in [1.54, 1.807) is 48.5 Å². The molecule has 0 aliphatic rings. The largest absolute Gasteiger partial charge is 0.494 e. The number of rotatable bonds is 13. The second-order valence-corrected chi connectivity index (χ2v) is 8.76. The predicted octanol–water partition coefficient (Wildman–Crippen LogP) is 7.51. The molecule has 0 fully saturated rings. The molecular formula is C31H34O5. The highest BCUT2D eigenvalue weighted by Crippen LogP contribution is 2.24. The molecule has 1 unspecified atom stereocenters. The van der Waals surface area contributed by atoms with Gasteiger partial charge in [-0.3, -0.25) is 0 Å². The molecule has 36 heavy (non-hydrogen) atoms. The molecule has 0 saturated heterocycles. The summed E-state index contributed by atoms with van der Waals surface area (Å²) >= 11 is 0. The minimum absolute atomic E-state index is 0.313. The molecule has 0 N–H and O–H groups in total. The summed E-state index contributed by atoms with van der Waals surface area (Å²) in [4.78, 5) is 24.7. The van der Waals surface area contributed by atoms with Crippen LogP contribution in [0.5, 0.6) is 11.5 Å². The van der Waals surface area contributed by atoms with Gasteiger partial charge < -0.3 is 14.2 Å². The number of esters is 2. The van der Waals surface area contributed by atoms with Crippen LogP contribution >= 0.6 is 0 Å². The summed E-state index contributed by atoms with van der Waals surface area (Å²) in [6, 6.07) is 21.5. The lowest BCUT2D eigenvalue weighted by Crippen LogP contribution is -2.11. The van der Waals surface area contributed by atoms with E-state index in [1.165, 1.54) is 0 Å². The zero-order valence-corrected chi connectivity index (χ0v) is 21.1. The molecule has 0 aliphatic carbocycles. The number of ether oxygens (including phenoxy) is 3. The second-order valence-electron chi connectivity index (χ2n) is 8.76. The molecule has 0 saturated carbocycles. The van der Waals surface area contributed by atoms with Gasteiger partial charge in [0, 0.05) is 0 Å². The summed E-state index contributed by atoms with van der Waals surface area (Å²) in [5.74, 6) is 0.783. The molecule has 3 rings (SSSR count). The van der Waals surface area contributed by atoms with Gasteiger partial charge >= 0.3 is 11.9 Å². The van der Waals surface area contributed by atoms with Crippen LogP contribution in [-0.4, -0.2) is 25.2 Å². The highest BCUT2D eigenvalue weighted by Gasteiger charge is 2.11. The number of hydrogen-bond donors (Lipinski definition) is 0. The van der Waals surface area contributed by atoms with Crippen LogP contribution in [0.4, 0.5) is 0 Å². The molecule has 5 nitrogen and oxygen atoms in total. The summed E-state index contributed by atoms with van der Waals surface area (Å²) < 4.78 is 16.6. The molecule has 5 heteroatoms. The summed E-state index contributed by atoms with van der Waals surface area (Å²) in [7, 11) is 0. The van der Waals surface area contributed by atoms with Gasteiger partial charge in [0.1, 0.15) is 11.5 Å². The molecule has 0 bridgehead atoms. The fourth-order valence-corrected chi connectivity index (χ4v) is 3.37. The number of carbonyl (C=O) groups excluding carboxylic acids is 2. The Labute approximate surface area is 213 Å². The van der Waals surface area contributed by atoms with E-state index in [9.17, 15) is 9.59 Å². The Balaban J connectivity index is 1.52. The smallest absolute Gasteiger partial charge is 0.343 e. The van der Waals surface area contributed by atoms with Crippen LogP contribution < -0.4 is 9.47 Å². The maximum Gasteiger partial charge on any atom is 0.343 e. The topological polar surface area (TPSA) is 61.8 Å². The first-order valence-corrected chi connectivity index (χ1v) is 12.4. The van der Waals surface area contributed by atoms with E-state index < -0.39 is 5.97 Å². The zero-order chi connectivity index (χ0) is 25.8. The Morgan fingerprint density at radius 3 is 1.97 bits per heavy atom. The number of carbonyl (C=O) groups is 2. The van der Waals surface area contributed by atoms with E-state index in [-0.39, 0.29) is 5.97 Å². The third-order valence-corrected chi connectivity index (χ3v) is 5.88. The van der Waals surface area contributed by atoms with Gasteiger partial charge in [-0.1, -0.05) is 50.6 Å². The van der Waals surface area contributed by atoms with Crippen molar-refractivity contribution in [1.29, 1.82) is 0 Å². The number of benzene rings is 3. The van der Waals surface area contributed by atoms with Crippen LogP contribution in [0.25, 0.3) is 11.1 Å². The standard InChI is InChI=1S/C31H34O5/c1-4-6-7-8-21-34-28-17-15-27(16-18-28)31(33)36-29-19-13-25(14-20-29)24-9-11-26(12-10-24)30(32)35-22-23(3)5-2/h4,9-20,23H,1,5-8,21-22H2,2-3H3. The van der Waals surface area contributed by atoms with Crippen molar-refractivity contribution in [2.45, 2.75) is 39.5 Å². The molecule has 1 atom stereocenters. The van der Waals surface area contributed by atoms with Gasteiger partial charge in [0.2, 0.25) is 0 Å². The van der Waals surface area contributed by atoms with Gasteiger partial charge in [-0.15, -0.1) is 6.58 Å². The summed E-state index contributed by atoms with van der Waals surface area (Å²) in [5, 5.41) is 0. The third-order valence-electron chi connectivity index (χ3n) is 5.88. The van der Waals surface area contributed by atoms with Gasteiger partial charge in [0.25, 0.3) is 0 Å². The van der Waals surface area contributed by atoms with Crippen LogP contribution in [-0.2, 0) is 4.74 Å². The van der Waals surface area contributed by atoms with Gasteiger partial charge in [-0.05, 0) is 84.8 Å². The molecule has 0 aliphatic heterocycles. The van der Waals surface area contributed by atoms with E-state index in [2.05, 4.69) is 20.4 Å². The van der Waals surface area contributed by atoms with Gasteiger partial charge in [0.15, 0.2) is 0 Å². The highest BCUT2D eigenvalue weighted by atomic mass is 16.5. The molecule has 3 aromatic carbocycles. The Hall–Kier alpha value is -3.86. The minimum Gasteiger partial charge on any atom is -0.494 e. The van der Waals surface area contributed by atoms with E-state index in [0.717, 1.165) is 42.6 Å². The molecule has 3 aromatic rings. The van der Waals surface area contributed by atoms with Crippen LogP contribution in [0, 0.1) is 5.92 Å². The summed E-state index contributed by atoms with van der Waals surface area (Å²) in [6.45, 7) is 8.89. The Bertz CT molecular complexity index is 1120. The quantitative estimate of drug-likeness (QED) is 0.108. The van der Waals surface area contributed by atoms with Crippen LogP contribution in [0.3, 0.4) is 0 Å². The lowest BCUT2D eigenvalue weighted by atomic mass is 10.0. The Kier molecular flexibility index (Phi) is 10.3. The van der Waals surface area contributed by atoms with Crippen molar-refractivity contribution >= 4 is 11.9 Å². The fraction of sp³-hybridized carbons (Fsp3) is 0.290. The summed E-state index contributed by atoms with van der Waals surface area (Å²) in [6.07, 6.45) is 5.86. The first-order chi connectivity index (χ1) is 17.5. The molecule has 188 valence electrons. The Morgan fingerprint density at radius 1 is 0.806 bits per heavy atom. The van der Waals surface area contributed by atoms with E-state index in [0.29, 0.717) is 36.0 Å². The number of hydrogen-bond acceptors (Lipinski definition) is 5. The van der Waals surface area contributed by atoms with Crippen molar-refractivity contribution in [2.24, 2.45) is 5.92 Å². The molecule has 0 spiro atoms. The van der Waals surface area contributed by atoms with Gasteiger partial charge in [0.05, 0.1) is 24.3 Å². The first kappa shape index (κ1) is 26.7. The lowest BCUT2D eigenvalue weighted by molar-refractivity contribution is 0.0447. The van der Waals surface area contributed by atoms with E-state index >= 15 is 0 Å². The number of allylic oxidation sites excluding steroid dienone is 1. The number of unbranched alkanes of at least 4 members (excludes halogenated alkanes) is 2. The molecule has 0 radical (unpaired) electrons. The minimum atomic E-state index is -0.430. The van der Waals surface area contributed by atoms with Crippen molar-refractivity contribution < 1.29 is 23.8 Å². The predicted molar refractivity (Wildman–Crippen MR) is 143 cm³/mol. The van der Waals surface area contributed by atoms with Crippen molar-refractivity contribution in [3.05, 3.63) is 96.6 Å². The van der Waals surface area contributed by atoms with Gasteiger partial charge in [-0.2, -0.15) is 0 Å². The van der Waals surface area contributed by atoms with Crippen LogP contribution in [0.2, 0.25) is 0 Å². The van der Waals surface area contributed by atoms with Crippen molar-refractivity contribution in [2.75, 3.05) is 13.2 Å². The molecular weight excluding hydrogens is 452 g/mol. The maximum atomic E-state index is 12.5. The first-order valence-electron chi connectivity index (χ1n) is 12.4. The normalized spacial score (nSPS) is 11.4. The van der Waals surface area contributed by atoms with Crippen molar-refractivity contribution in [3.63, 3.8) is 0 Å². The lowest BCUT2D eigenvalue weighted by Gasteiger charge is -2.10. The fourth-order valence-electron chi connectivity index (χ4n) is 3.37. The van der Waals surface area contributed by atoms with Crippen molar-refractivity contribution in [1.82, 2.24) is 0 Å². The third kappa shape index (κ3) is 8.12. The van der Waals surface area contributed by atoms with Crippen LogP contribution in [0.15, 0.2) is 85.5 Å². The molecule has 0 heterocycles. The van der Waals surface area contributed by atoms with Crippen LogP contribution in [0.1, 0.15) is 60.2 Å². The van der Waals surface area contributed by atoms with Gasteiger partial charge in [-0.25, -0.2) is 9.59 Å². The zero-order valence-electron chi connectivity index (χ0n) is 21.1. The molecule has 0 amide bonds. The maximum absolute atomic E-state index is 12.5. The molecule has 0 aromatic heterocycles. The second kappa shape index (κ2) is 13.9. The average molecular weight is 487 g/mol. The highest BCUT2D eigenvalue weighted by molar-refractivity contribution is 5.91. The monoisotopic (exact) mass is 486 g/mol. The van der Waals surface area contributed by atoms with Crippen molar-refractivity contribution in [3.8, 4) is 22.6 Å². The summed E-state index contributed by atoms with van der Waals surface area (Å²) in [5.41, 5.74) is 2.88. The SMILES string of the molecule is C=CCCCCOc1ccc(C(=O)Oc2ccc(-c3ccc(C(=O)OCC(C)CC)cc3)cc2)cc1. The average Bonchev–Trinajstić information content (AvgIpc) is 2.92.